The van der Waals surface area contributed by atoms with Crippen molar-refractivity contribution in [2.24, 2.45) is 5.73 Å². The molecule has 0 saturated carbocycles. The topological polar surface area (TPSA) is 65.7 Å². The quantitative estimate of drug-likeness (QED) is 0.370. The van der Waals surface area contributed by atoms with Crippen LogP contribution < -0.4 is 11.1 Å². The average Bonchev–Trinajstić information content (AvgIpc) is 2.56. The zero-order valence-corrected chi connectivity index (χ0v) is 19.1. The van der Waals surface area contributed by atoms with Crippen LogP contribution in [0.5, 0.6) is 0 Å². The van der Waals surface area contributed by atoms with Crippen LogP contribution in [0, 0.1) is 0 Å². The van der Waals surface area contributed by atoms with Crippen molar-refractivity contribution < 1.29 is 13.3 Å². The number of rotatable bonds is 14. The normalized spacial score (nSPS) is 12.9. The minimum absolute atomic E-state index is 0.0531. The first-order valence-electron chi connectivity index (χ1n) is 10.2. The second kappa shape index (κ2) is 11.9. The van der Waals surface area contributed by atoms with E-state index in [1.54, 1.807) is 0 Å². The van der Waals surface area contributed by atoms with Crippen molar-refractivity contribution in [2.75, 3.05) is 19.6 Å². The molecule has 5 nitrogen and oxygen atoms in total. The van der Waals surface area contributed by atoms with Gasteiger partial charge in [0.25, 0.3) is 0 Å². The highest BCUT2D eigenvalue weighted by molar-refractivity contribution is 6.61. The molecule has 0 aromatic heterocycles. The molecule has 0 spiro atoms. The van der Waals surface area contributed by atoms with Crippen LogP contribution in [0.25, 0.3) is 0 Å². The molecule has 1 rings (SSSR count). The summed E-state index contributed by atoms with van der Waals surface area (Å²) in [7, 11) is -2.86. The van der Waals surface area contributed by atoms with Crippen LogP contribution in [0.3, 0.4) is 0 Å². The maximum Gasteiger partial charge on any atom is 0.502 e. The molecule has 0 heterocycles. The first-order chi connectivity index (χ1) is 12.7. The summed E-state index contributed by atoms with van der Waals surface area (Å²) in [6.07, 6.45) is 1.86. The number of hydrogen-bond acceptors (Lipinski definition) is 5. The van der Waals surface area contributed by atoms with Gasteiger partial charge in [0.15, 0.2) is 0 Å². The summed E-state index contributed by atoms with van der Waals surface area (Å²) in [5, 5.41) is 3.35. The summed E-state index contributed by atoms with van der Waals surface area (Å²) in [6, 6.07) is 11.2. The summed E-state index contributed by atoms with van der Waals surface area (Å²) < 4.78 is 19.4. The number of benzene rings is 1. The molecule has 0 amide bonds. The Morgan fingerprint density at radius 3 is 2.11 bits per heavy atom. The fraction of sp³-hybridized carbons (Fsp3) is 0.714. The zero-order chi connectivity index (χ0) is 20.3. The van der Waals surface area contributed by atoms with E-state index in [0.29, 0.717) is 6.54 Å². The average molecular weight is 397 g/mol. The number of nitrogens with two attached hydrogens (primary N) is 1. The summed E-state index contributed by atoms with van der Waals surface area (Å²) >= 11 is 0. The van der Waals surface area contributed by atoms with Crippen molar-refractivity contribution in [3.05, 3.63) is 35.9 Å². The third-order valence-electron chi connectivity index (χ3n) is 4.05. The van der Waals surface area contributed by atoms with E-state index in [2.05, 4.69) is 43.4 Å². The lowest BCUT2D eigenvalue weighted by atomic mass is 10.1. The van der Waals surface area contributed by atoms with Gasteiger partial charge < -0.3 is 24.3 Å². The Hall–Kier alpha value is -0.763. The van der Waals surface area contributed by atoms with Crippen LogP contribution in [-0.2, 0) is 19.7 Å². The maximum atomic E-state index is 6.67. The lowest BCUT2D eigenvalue weighted by molar-refractivity contribution is -0.0398. The molecule has 1 aromatic carbocycles. The van der Waals surface area contributed by atoms with Crippen LogP contribution in [-0.4, -0.2) is 46.2 Å². The standard InChI is InChI=1S/C21H40N2O3Si/c1-18(2)24-27(25-19(3)4,17-12-20-10-8-7-9-11-20)26-21(5,6)13-15-23-16-14-22/h7-11,18-19,23H,12-17,22H2,1-6H3. The Morgan fingerprint density at radius 2 is 1.59 bits per heavy atom. The zero-order valence-electron chi connectivity index (χ0n) is 18.1. The maximum absolute atomic E-state index is 6.67. The number of hydrogen-bond donors (Lipinski definition) is 2. The van der Waals surface area contributed by atoms with E-state index in [4.69, 9.17) is 19.0 Å². The Morgan fingerprint density at radius 1 is 1.00 bits per heavy atom. The predicted molar refractivity (Wildman–Crippen MR) is 115 cm³/mol. The highest BCUT2D eigenvalue weighted by Crippen LogP contribution is 2.29. The SMILES string of the molecule is CC(C)O[Si](CCc1ccccc1)(OC(C)C)OC(C)(C)CCNCCN. The highest BCUT2D eigenvalue weighted by Gasteiger charge is 2.46. The molecule has 0 radical (unpaired) electrons. The minimum Gasteiger partial charge on any atom is -0.371 e. The van der Waals surface area contributed by atoms with E-state index < -0.39 is 8.80 Å². The largest absolute Gasteiger partial charge is 0.502 e. The van der Waals surface area contributed by atoms with Gasteiger partial charge in [-0.15, -0.1) is 0 Å². The molecule has 6 heteroatoms. The molecule has 0 bridgehead atoms. The molecule has 0 fully saturated rings. The fourth-order valence-corrected chi connectivity index (χ4v) is 6.46. The van der Waals surface area contributed by atoms with Gasteiger partial charge in [-0.1, -0.05) is 30.3 Å². The Kier molecular flexibility index (Phi) is 10.7. The molecule has 0 aliphatic heterocycles. The number of nitrogens with one attached hydrogen (secondary N) is 1. The van der Waals surface area contributed by atoms with Crippen molar-refractivity contribution in [3.63, 3.8) is 0 Å². The molecular weight excluding hydrogens is 356 g/mol. The van der Waals surface area contributed by atoms with Crippen molar-refractivity contribution in [3.8, 4) is 0 Å². The lowest BCUT2D eigenvalue weighted by Crippen LogP contribution is -2.54. The van der Waals surface area contributed by atoms with Crippen LogP contribution in [0.2, 0.25) is 6.04 Å². The van der Waals surface area contributed by atoms with Crippen molar-refractivity contribution in [1.29, 1.82) is 0 Å². The lowest BCUT2D eigenvalue weighted by Gasteiger charge is -2.39. The molecule has 0 atom stereocenters. The Labute approximate surface area is 167 Å². The molecule has 0 aliphatic rings. The van der Waals surface area contributed by atoms with Crippen LogP contribution in [0.1, 0.15) is 53.5 Å². The van der Waals surface area contributed by atoms with E-state index in [1.165, 1.54) is 5.56 Å². The molecule has 0 aliphatic carbocycles. The Bertz CT molecular complexity index is 499. The van der Waals surface area contributed by atoms with Crippen LogP contribution in [0.15, 0.2) is 30.3 Å². The van der Waals surface area contributed by atoms with Crippen LogP contribution >= 0.6 is 0 Å². The van der Waals surface area contributed by atoms with Gasteiger partial charge in [0.05, 0.1) is 5.60 Å². The van der Waals surface area contributed by atoms with Crippen molar-refractivity contribution in [1.82, 2.24) is 5.32 Å². The molecule has 3 N–H and O–H groups in total. The minimum atomic E-state index is -2.86. The first kappa shape index (κ1) is 24.3. The molecule has 1 aromatic rings. The van der Waals surface area contributed by atoms with Crippen molar-refractivity contribution >= 4 is 8.80 Å². The number of aryl methyl sites for hydroxylation is 1. The van der Waals surface area contributed by atoms with E-state index >= 15 is 0 Å². The first-order valence-corrected chi connectivity index (χ1v) is 12.1. The molecule has 0 unspecified atom stereocenters. The molecule has 27 heavy (non-hydrogen) atoms. The Balaban J connectivity index is 2.91. The van der Waals surface area contributed by atoms with Gasteiger partial charge in [-0.25, -0.2) is 0 Å². The molecule has 0 saturated heterocycles. The fourth-order valence-electron chi connectivity index (χ4n) is 2.99. The second-order valence-corrected chi connectivity index (χ2v) is 10.7. The van der Waals surface area contributed by atoms with E-state index in [1.807, 2.05) is 33.8 Å². The van der Waals surface area contributed by atoms with E-state index in [-0.39, 0.29) is 17.8 Å². The van der Waals surface area contributed by atoms with E-state index in [9.17, 15) is 0 Å². The van der Waals surface area contributed by atoms with Gasteiger partial charge in [-0.3, -0.25) is 0 Å². The molecule has 156 valence electrons. The van der Waals surface area contributed by atoms with Crippen LogP contribution in [0.4, 0.5) is 0 Å². The summed E-state index contributed by atoms with van der Waals surface area (Å²) in [4.78, 5) is 0. The van der Waals surface area contributed by atoms with Gasteiger partial charge >= 0.3 is 8.80 Å². The summed E-state index contributed by atoms with van der Waals surface area (Å²) in [6.45, 7) is 14.8. The van der Waals surface area contributed by atoms with Gasteiger partial charge in [0.2, 0.25) is 0 Å². The van der Waals surface area contributed by atoms with Gasteiger partial charge in [-0.05, 0) is 66.5 Å². The van der Waals surface area contributed by atoms with E-state index in [0.717, 1.165) is 32.0 Å². The highest BCUT2D eigenvalue weighted by atomic mass is 28.4. The third kappa shape index (κ3) is 10.4. The predicted octanol–water partition coefficient (Wildman–Crippen LogP) is 3.75. The van der Waals surface area contributed by atoms with Gasteiger partial charge in [0.1, 0.15) is 0 Å². The van der Waals surface area contributed by atoms with Gasteiger partial charge in [-0.2, -0.15) is 0 Å². The molecular formula is C21H40N2O3Si. The summed E-state index contributed by atoms with van der Waals surface area (Å²) in [5.74, 6) is 0. The van der Waals surface area contributed by atoms with Gasteiger partial charge in [0, 0.05) is 31.3 Å². The smallest absolute Gasteiger partial charge is 0.371 e. The third-order valence-corrected chi connectivity index (χ3v) is 7.44. The van der Waals surface area contributed by atoms with Crippen molar-refractivity contribution in [2.45, 2.75) is 78.2 Å². The monoisotopic (exact) mass is 396 g/mol. The second-order valence-electron chi connectivity index (χ2n) is 8.15. The summed E-state index contributed by atoms with van der Waals surface area (Å²) in [5.41, 5.74) is 6.50.